The molecule has 1 aromatic rings. The molecule has 0 aromatic carbocycles. The van der Waals surface area contributed by atoms with Gasteiger partial charge in [0.25, 0.3) is 0 Å². The van der Waals surface area contributed by atoms with Gasteiger partial charge in [-0.3, -0.25) is 9.48 Å². The van der Waals surface area contributed by atoms with E-state index in [1.807, 2.05) is 6.92 Å². The number of hydrogen-bond donors (Lipinski definition) is 1. The second-order valence-corrected chi connectivity index (χ2v) is 7.13. The predicted molar refractivity (Wildman–Crippen MR) is 94.2 cm³/mol. The predicted octanol–water partition coefficient (Wildman–Crippen LogP) is 3.67. The van der Waals surface area contributed by atoms with Crippen molar-refractivity contribution in [3.05, 3.63) is 16.4 Å². The summed E-state index contributed by atoms with van der Waals surface area (Å²) in [5.41, 5.74) is -0.653. The minimum atomic E-state index is -4.59. The fourth-order valence-corrected chi connectivity index (χ4v) is 3.42. The molecule has 1 aliphatic carbocycles. The van der Waals surface area contributed by atoms with Crippen LogP contribution in [-0.2, 0) is 17.5 Å². The SMILES string of the molecule is CCN(CC)CC(C)NC(=O)CCn1nc(C(F)(F)F)c(Cl)c1C1CC1. The molecule has 0 spiro atoms. The number of hydrogen-bond acceptors (Lipinski definition) is 3. The number of aromatic nitrogens is 2. The standard InChI is InChI=1S/C17H26ClF3N4O/c1-4-24(5-2)10-11(3)22-13(26)8-9-25-15(12-6-7-12)14(18)16(23-25)17(19,20)21/h11-12H,4-10H2,1-3H3,(H,22,26). The summed E-state index contributed by atoms with van der Waals surface area (Å²) in [4.78, 5) is 14.3. The Morgan fingerprint density at radius 3 is 2.50 bits per heavy atom. The van der Waals surface area contributed by atoms with Crippen LogP contribution in [0.4, 0.5) is 13.2 Å². The van der Waals surface area contributed by atoms with Crippen molar-refractivity contribution in [2.24, 2.45) is 0 Å². The van der Waals surface area contributed by atoms with Crippen LogP contribution < -0.4 is 5.32 Å². The summed E-state index contributed by atoms with van der Waals surface area (Å²) in [6.45, 7) is 8.64. The molecule has 148 valence electrons. The largest absolute Gasteiger partial charge is 0.436 e. The maximum atomic E-state index is 13.0. The van der Waals surface area contributed by atoms with Gasteiger partial charge in [-0.2, -0.15) is 18.3 Å². The van der Waals surface area contributed by atoms with E-state index in [1.54, 1.807) is 0 Å². The minimum absolute atomic E-state index is 0.00996. The second kappa shape index (κ2) is 8.61. The number of amides is 1. The van der Waals surface area contributed by atoms with Crippen LogP contribution in [0, 0.1) is 0 Å². The minimum Gasteiger partial charge on any atom is -0.352 e. The first kappa shape index (κ1) is 21.0. The second-order valence-electron chi connectivity index (χ2n) is 6.75. The van der Waals surface area contributed by atoms with E-state index < -0.39 is 11.9 Å². The first-order valence-electron chi connectivity index (χ1n) is 9.02. The highest BCUT2D eigenvalue weighted by Crippen LogP contribution is 2.46. The zero-order valence-electron chi connectivity index (χ0n) is 15.4. The third-order valence-corrected chi connectivity index (χ3v) is 4.92. The molecule has 0 radical (unpaired) electrons. The molecule has 0 bridgehead atoms. The summed E-state index contributed by atoms with van der Waals surface area (Å²) in [6, 6.07) is -0.0303. The monoisotopic (exact) mass is 394 g/mol. The Bertz CT molecular complexity index is 624. The number of likely N-dealkylation sites (N-methyl/N-ethyl adjacent to an activating group) is 1. The van der Waals surface area contributed by atoms with Crippen molar-refractivity contribution < 1.29 is 18.0 Å². The van der Waals surface area contributed by atoms with Crippen molar-refractivity contribution in [2.45, 2.75) is 64.7 Å². The Labute approximate surface area is 156 Å². The smallest absolute Gasteiger partial charge is 0.352 e. The first-order valence-corrected chi connectivity index (χ1v) is 9.40. The highest BCUT2D eigenvalue weighted by molar-refractivity contribution is 6.32. The molecule has 1 saturated carbocycles. The Kier molecular flexibility index (Phi) is 6.96. The molecule has 0 aliphatic heterocycles. The molecule has 1 fully saturated rings. The van der Waals surface area contributed by atoms with Crippen LogP contribution in [0.3, 0.4) is 0 Å². The highest BCUT2D eigenvalue weighted by Gasteiger charge is 2.42. The molecule has 9 heteroatoms. The van der Waals surface area contributed by atoms with Crippen molar-refractivity contribution >= 4 is 17.5 Å². The van der Waals surface area contributed by atoms with Crippen molar-refractivity contribution in [1.29, 1.82) is 0 Å². The van der Waals surface area contributed by atoms with Gasteiger partial charge < -0.3 is 10.2 Å². The highest BCUT2D eigenvalue weighted by atomic mass is 35.5. The Balaban J connectivity index is 1.97. The topological polar surface area (TPSA) is 50.2 Å². The number of alkyl halides is 3. The van der Waals surface area contributed by atoms with Gasteiger partial charge in [0.2, 0.25) is 5.91 Å². The Morgan fingerprint density at radius 2 is 2.00 bits per heavy atom. The number of nitrogens with one attached hydrogen (secondary N) is 1. The molecule has 2 rings (SSSR count). The third kappa shape index (κ3) is 5.36. The molecule has 1 aromatic heterocycles. The van der Waals surface area contributed by atoms with Gasteiger partial charge in [-0.15, -0.1) is 0 Å². The average molecular weight is 395 g/mol. The number of nitrogens with zero attached hydrogens (tertiary/aromatic N) is 3. The third-order valence-electron chi connectivity index (χ3n) is 4.55. The van der Waals surface area contributed by atoms with Gasteiger partial charge in [0.15, 0.2) is 5.69 Å². The van der Waals surface area contributed by atoms with Gasteiger partial charge in [-0.1, -0.05) is 25.4 Å². The van der Waals surface area contributed by atoms with Gasteiger partial charge in [-0.05, 0) is 32.9 Å². The molecular formula is C17H26ClF3N4O. The van der Waals surface area contributed by atoms with Gasteiger partial charge >= 0.3 is 6.18 Å². The van der Waals surface area contributed by atoms with Gasteiger partial charge in [0, 0.05) is 24.9 Å². The maximum absolute atomic E-state index is 13.0. The van der Waals surface area contributed by atoms with Crippen molar-refractivity contribution in [1.82, 2.24) is 20.0 Å². The Morgan fingerprint density at radius 1 is 1.38 bits per heavy atom. The first-order chi connectivity index (χ1) is 12.2. The molecule has 1 atom stereocenters. The van der Waals surface area contributed by atoms with Crippen LogP contribution in [0.1, 0.15) is 57.3 Å². The van der Waals surface area contributed by atoms with Crippen LogP contribution in [0.5, 0.6) is 0 Å². The van der Waals surface area contributed by atoms with Crippen LogP contribution in [0.25, 0.3) is 0 Å². The van der Waals surface area contributed by atoms with E-state index in [-0.39, 0.29) is 35.9 Å². The molecule has 5 nitrogen and oxygen atoms in total. The lowest BCUT2D eigenvalue weighted by atomic mass is 10.2. The fraction of sp³-hybridized carbons (Fsp3) is 0.765. The van der Waals surface area contributed by atoms with Crippen molar-refractivity contribution in [3.63, 3.8) is 0 Å². The summed E-state index contributed by atoms with van der Waals surface area (Å²) in [7, 11) is 0. The molecule has 1 N–H and O–H groups in total. The molecule has 0 saturated heterocycles. The quantitative estimate of drug-likeness (QED) is 0.695. The lowest BCUT2D eigenvalue weighted by molar-refractivity contribution is -0.141. The molecular weight excluding hydrogens is 369 g/mol. The van der Waals surface area contributed by atoms with E-state index in [0.29, 0.717) is 5.69 Å². The molecule has 1 aliphatic rings. The van der Waals surface area contributed by atoms with Crippen LogP contribution in [0.2, 0.25) is 5.02 Å². The Hall–Kier alpha value is -1.28. The zero-order valence-corrected chi connectivity index (χ0v) is 16.1. The van der Waals surface area contributed by atoms with E-state index >= 15 is 0 Å². The van der Waals surface area contributed by atoms with E-state index in [4.69, 9.17) is 11.6 Å². The summed E-state index contributed by atoms with van der Waals surface area (Å²) < 4.78 is 40.4. The fourth-order valence-electron chi connectivity index (χ4n) is 3.02. The zero-order chi connectivity index (χ0) is 19.5. The summed E-state index contributed by atoms with van der Waals surface area (Å²) >= 11 is 5.93. The number of rotatable bonds is 9. The van der Waals surface area contributed by atoms with Crippen molar-refractivity contribution in [2.75, 3.05) is 19.6 Å². The molecule has 26 heavy (non-hydrogen) atoms. The molecule has 1 amide bonds. The van der Waals surface area contributed by atoms with Crippen LogP contribution in [-0.4, -0.2) is 46.3 Å². The van der Waals surface area contributed by atoms with Gasteiger partial charge in [-0.25, -0.2) is 0 Å². The number of aryl methyl sites for hydroxylation is 1. The van der Waals surface area contributed by atoms with E-state index in [0.717, 1.165) is 32.5 Å². The summed E-state index contributed by atoms with van der Waals surface area (Å²) in [5, 5.41) is 6.20. The number of halogens is 4. The normalized spacial score (nSPS) is 16.2. The van der Waals surface area contributed by atoms with Crippen LogP contribution in [0.15, 0.2) is 0 Å². The van der Waals surface area contributed by atoms with Gasteiger partial charge in [0.05, 0.1) is 17.3 Å². The number of carbonyl (C=O) groups excluding carboxylic acids is 1. The van der Waals surface area contributed by atoms with Crippen molar-refractivity contribution in [3.8, 4) is 0 Å². The van der Waals surface area contributed by atoms with Gasteiger partial charge in [0.1, 0.15) is 0 Å². The maximum Gasteiger partial charge on any atom is 0.436 e. The average Bonchev–Trinajstić information content (AvgIpc) is 3.32. The number of carbonyl (C=O) groups is 1. The van der Waals surface area contributed by atoms with E-state index in [2.05, 4.69) is 29.2 Å². The van der Waals surface area contributed by atoms with E-state index in [9.17, 15) is 18.0 Å². The molecule has 1 heterocycles. The summed E-state index contributed by atoms with van der Waals surface area (Å²) in [6.07, 6.45) is -2.92. The lowest BCUT2D eigenvalue weighted by Crippen LogP contribution is -2.42. The molecule has 1 unspecified atom stereocenters. The lowest BCUT2D eigenvalue weighted by Gasteiger charge is -2.23. The van der Waals surface area contributed by atoms with E-state index in [1.165, 1.54) is 4.68 Å². The van der Waals surface area contributed by atoms with Crippen LogP contribution >= 0.6 is 11.6 Å². The summed E-state index contributed by atoms with van der Waals surface area (Å²) in [5.74, 6) is -0.192.